The summed E-state index contributed by atoms with van der Waals surface area (Å²) in [5.74, 6) is 2.47. The van der Waals surface area contributed by atoms with E-state index in [1.54, 1.807) is 0 Å². The van der Waals surface area contributed by atoms with Crippen LogP contribution in [0.25, 0.3) is 0 Å². The number of aromatic hydroxyl groups is 1. The Kier molecular flexibility index (Phi) is 8.11. The molecule has 0 spiro atoms. The molecule has 1 N–H and O–H groups in total. The summed E-state index contributed by atoms with van der Waals surface area (Å²) in [4.78, 5) is 1.34. The van der Waals surface area contributed by atoms with Gasteiger partial charge in [0.25, 0.3) is 0 Å². The summed E-state index contributed by atoms with van der Waals surface area (Å²) in [7, 11) is 0.0354. The summed E-state index contributed by atoms with van der Waals surface area (Å²) in [5.41, 5.74) is 4.64. The second-order valence-corrected chi connectivity index (χ2v) is 16.6. The monoisotopic (exact) mass is 612 g/mol. The predicted molar refractivity (Wildman–Crippen MR) is 130 cm³/mol. The van der Waals surface area contributed by atoms with Gasteiger partial charge in [-0.1, -0.05) is 81.4 Å². The summed E-state index contributed by atoms with van der Waals surface area (Å²) in [6, 6.07) is 25.9. The molecular weight excluding hydrogens is 584 g/mol. The first-order valence-corrected chi connectivity index (χ1v) is 17.8. The number of phenols is 1. The Balaban J connectivity index is 0.000000509. The van der Waals surface area contributed by atoms with Gasteiger partial charge in [-0.05, 0) is 24.0 Å². The van der Waals surface area contributed by atoms with Crippen LogP contribution in [0.1, 0.15) is 43.0 Å². The van der Waals surface area contributed by atoms with Gasteiger partial charge < -0.3 is 5.11 Å². The number of hydrogen-bond acceptors (Lipinski definition) is 1. The minimum absolute atomic E-state index is 0.0354. The van der Waals surface area contributed by atoms with Crippen LogP contribution in [0, 0.1) is 6.92 Å². The van der Waals surface area contributed by atoms with Crippen LogP contribution >= 0.6 is 0 Å². The third-order valence-corrected chi connectivity index (χ3v) is 7.05. The Morgan fingerprint density at radius 1 is 0.735 bits per heavy atom. The molecule has 0 aliphatic heterocycles. The van der Waals surface area contributed by atoms with Gasteiger partial charge in [-0.2, -0.15) is 0 Å². The predicted octanol–water partition coefficient (Wildman–Crippen LogP) is 8.52. The average Bonchev–Trinajstić information content (AvgIpc) is 2.68. The molecule has 0 aliphatic rings. The van der Waals surface area contributed by atoms with Crippen molar-refractivity contribution in [2.45, 2.75) is 49.5 Å². The fourth-order valence-electron chi connectivity index (χ4n) is 3.25. The van der Waals surface area contributed by atoms with Crippen molar-refractivity contribution in [3.05, 3.63) is 95.1 Å². The first kappa shape index (κ1) is 28.4. The van der Waals surface area contributed by atoms with E-state index >= 15 is 0 Å². The third-order valence-electron chi connectivity index (χ3n) is 4.78. The molecule has 9 heteroatoms. The van der Waals surface area contributed by atoms with Crippen LogP contribution in [-0.4, -0.2) is 24.6 Å². The Bertz CT molecular complexity index is 1040. The molecule has 0 saturated heterocycles. The third kappa shape index (κ3) is 11.1. The van der Waals surface area contributed by atoms with E-state index < -0.39 is 19.5 Å². The van der Waals surface area contributed by atoms with E-state index in [1.807, 2.05) is 6.92 Å². The van der Waals surface area contributed by atoms with Gasteiger partial charge in [-0.3, -0.25) is 0 Å². The van der Waals surface area contributed by atoms with Crippen molar-refractivity contribution in [1.29, 1.82) is 0 Å². The fourth-order valence-corrected chi connectivity index (χ4v) is 5.51. The van der Waals surface area contributed by atoms with Crippen molar-refractivity contribution < 1.29 is 22.0 Å². The van der Waals surface area contributed by atoms with Gasteiger partial charge in [0.2, 0.25) is 0 Å². The zero-order chi connectivity index (χ0) is 25.8. The quantitative estimate of drug-likeness (QED) is 0.174. The first-order valence-electron chi connectivity index (χ1n) is 10.5. The maximum absolute atomic E-state index is 11.2. The molecule has 0 unspecified atom stereocenters. The Morgan fingerprint density at radius 3 is 1.47 bits per heavy atom. The Hall–Kier alpha value is -1.79. The van der Waals surface area contributed by atoms with Gasteiger partial charge in [-0.25, -0.2) is 0 Å². The Morgan fingerprint density at radius 2 is 1.12 bits per heavy atom. The van der Waals surface area contributed by atoms with Crippen LogP contribution in [-0.2, 0) is 27.8 Å². The molecule has 3 rings (SSSR count). The molecule has 3 aromatic carbocycles. The number of benzene rings is 3. The molecule has 1 nitrogen and oxygen atoms in total. The number of hydrogen-bond donors (Lipinski definition) is 1. The summed E-state index contributed by atoms with van der Waals surface area (Å²) in [6.45, 7) is 8.51. The SMILES string of the molecule is Cc1cc([S+](Cc2ccccc2)Cc2ccccc2)cc(C(C)(C)C)c1O.[F][Sb-]([F])([F])([F])([F])[F]. The topological polar surface area (TPSA) is 20.2 Å². The van der Waals surface area contributed by atoms with E-state index in [2.05, 4.69) is 93.6 Å². The van der Waals surface area contributed by atoms with Gasteiger partial charge in [-0.15, -0.1) is 0 Å². The molecule has 34 heavy (non-hydrogen) atoms. The van der Waals surface area contributed by atoms with Gasteiger partial charge in [0.05, 0.1) is 0 Å². The zero-order valence-corrected chi connectivity index (χ0v) is 22.8. The van der Waals surface area contributed by atoms with Gasteiger partial charge >= 0.3 is 36.4 Å². The van der Waals surface area contributed by atoms with Crippen LogP contribution in [0.4, 0.5) is 16.9 Å². The van der Waals surface area contributed by atoms with Crippen LogP contribution in [0.15, 0.2) is 77.7 Å². The van der Waals surface area contributed by atoms with E-state index in [4.69, 9.17) is 0 Å². The standard InChI is InChI=1S/C25H28OS.6FH.Sb/c1-19-15-22(16-23(24(19)26)25(2,3)4)27(17-20-11-7-5-8-12-20)18-21-13-9-6-10-14-21;;;;;;;/h5-16H,17-18H2,1-4H3;6*1H;/q;;;;;;;+5/p-5. The van der Waals surface area contributed by atoms with Gasteiger partial charge in [0, 0.05) is 33.7 Å². The molecule has 0 heterocycles. The zero-order valence-electron chi connectivity index (χ0n) is 19.4. The van der Waals surface area contributed by atoms with Crippen molar-refractivity contribution in [1.82, 2.24) is 0 Å². The fraction of sp³-hybridized carbons (Fsp3) is 0.280. The molecule has 0 fully saturated rings. The number of phenolic OH excluding ortho intramolecular Hbond substituents is 1. The van der Waals surface area contributed by atoms with E-state index in [0.717, 1.165) is 22.6 Å². The summed E-state index contributed by atoms with van der Waals surface area (Å²) >= 11 is -11.2. The summed E-state index contributed by atoms with van der Waals surface area (Å²) in [6.07, 6.45) is 0. The molecular formula is C25H29F6OSSb. The van der Waals surface area contributed by atoms with Crippen molar-refractivity contribution in [2.75, 3.05) is 0 Å². The minimum atomic E-state index is -11.2. The average molecular weight is 613 g/mol. The normalized spacial score (nSPS) is 14.1. The second-order valence-electron chi connectivity index (χ2n) is 9.10. The van der Waals surface area contributed by atoms with E-state index in [0.29, 0.717) is 5.75 Å². The summed E-state index contributed by atoms with van der Waals surface area (Å²) < 4.78 is 59.6. The van der Waals surface area contributed by atoms with Crippen molar-refractivity contribution in [3.63, 3.8) is 0 Å². The maximum atomic E-state index is 10.6. The molecule has 0 aliphatic carbocycles. The molecule has 3 aromatic rings. The van der Waals surface area contributed by atoms with E-state index in [9.17, 15) is 22.0 Å². The molecule has 0 aromatic heterocycles. The number of halogens is 6. The molecule has 0 saturated carbocycles. The van der Waals surface area contributed by atoms with Gasteiger partial charge in [0.1, 0.15) is 17.3 Å². The van der Waals surface area contributed by atoms with E-state index in [-0.39, 0.29) is 16.3 Å². The molecule has 188 valence electrons. The van der Waals surface area contributed by atoms with E-state index in [1.165, 1.54) is 16.0 Å². The van der Waals surface area contributed by atoms with Gasteiger partial charge in [0.15, 0.2) is 4.90 Å². The van der Waals surface area contributed by atoms with Crippen LogP contribution in [0.5, 0.6) is 5.75 Å². The number of rotatable bonds is 5. The second kappa shape index (κ2) is 9.69. The first-order chi connectivity index (χ1) is 15.3. The molecule has 0 atom stereocenters. The molecule has 0 amide bonds. The van der Waals surface area contributed by atoms with Crippen LogP contribution in [0.2, 0.25) is 0 Å². The van der Waals surface area contributed by atoms with Crippen molar-refractivity contribution in [2.24, 2.45) is 0 Å². The molecule has 0 bridgehead atoms. The van der Waals surface area contributed by atoms with Crippen molar-refractivity contribution >= 4 is 30.4 Å². The number of aryl methyl sites for hydroxylation is 1. The Labute approximate surface area is 202 Å². The summed E-state index contributed by atoms with van der Waals surface area (Å²) in [5, 5.41) is 10.6. The van der Waals surface area contributed by atoms with Crippen LogP contribution in [0.3, 0.4) is 0 Å². The van der Waals surface area contributed by atoms with Crippen LogP contribution < -0.4 is 0 Å². The van der Waals surface area contributed by atoms with Crippen molar-refractivity contribution in [3.8, 4) is 5.75 Å². The molecule has 0 radical (unpaired) electrons.